The zero-order valence-electron chi connectivity index (χ0n) is 8.90. The Morgan fingerprint density at radius 3 is 2.57 bits per heavy atom. The molecular weight excluding hydrogens is 196 g/mol. The van der Waals surface area contributed by atoms with E-state index in [2.05, 4.69) is 16.3 Å². The zero-order chi connectivity index (χ0) is 10.8. The summed E-state index contributed by atoms with van der Waals surface area (Å²) < 4.78 is 0. The number of aromatic nitrogens is 2. The largest absolute Gasteiger partial charge is 0.282 e. The Kier molecular flexibility index (Phi) is 3.19. The number of hydrogen-bond acceptors (Lipinski definition) is 5. The summed E-state index contributed by atoms with van der Waals surface area (Å²) in [5, 5.41) is 18.8. The number of nitriles is 1. The third-order valence-corrected chi connectivity index (χ3v) is 2.99. The lowest BCUT2D eigenvalue weighted by Crippen LogP contribution is -2.38. The standard InChI is InChI=1S/C9H14N4S/c1-7-11-12-8(14-7)5-13(4)9(2,3)6-10/h5H2,1-4H3. The molecule has 1 heterocycles. The van der Waals surface area contributed by atoms with E-state index in [1.165, 1.54) is 0 Å². The minimum Gasteiger partial charge on any atom is -0.282 e. The summed E-state index contributed by atoms with van der Waals surface area (Å²) in [6, 6.07) is 2.25. The van der Waals surface area contributed by atoms with E-state index in [1.54, 1.807) is 11.3 Å². The summed E-state index contributed by atoms with van der Waals surface area (Å²) in [6.07, 6.45) is 0. The van der Waals surface area contributed by atoms with Crippen LogP contribution < -0.4 is 0 Å². The van der Waals surface area contributed by atoms with Gasteiger partial charge >= 0.3 is 0 Å². The molecule has 0 fully saturated rings. The molecule has 0 bridgehead atoms. The van der Waals surface area contributed by atoms with Gasteiger partial charge in [-0.05, 0) is 27.8 Å². The molecule has 0 saturated carbocycles. The van der Waals surface area contributed by atoms with Crippen LogP contribution in [0.1, 0.15) is 23.9 Å². The Morgan fingerprint density at radius 1 is 1.50 bits per heavy atom. The molecule has 76 valence electrons. The fourth-order valence-electron chi connectivity index (χ4n) is 0.887. The summed E-state index contributed by atoms with van der Waals surface area (Å²) in [5.74, 6) is 0. The lowest BCUT2D eigenvalue weighted by molar-refractivity contribution is 0.202. The van der Waals surface area contributed by atoms with Crippen LogP contribution in [-0.4, -0.2) is 27.7 Å². The Bertz CT molecular complexity index is 350. The van der Waals surface area contributed by atoms with E-state index >= 15 is 0 Å². The Hall–Kier alpha value is -0.990. The van der Waals surface area contributed by atoms with Gasteiger partial charge in [-0.3, -0.25) is 4.90 Å². The highest BCUT2D eigenvalue weighted by Crippen LogP contribution is 2.16. The van der Waals surface area contributed by atoms with Crippen LogP contribution in [0.15, 0.2) is 0 Å². The van der Waals surface area contributed by atoms with Crippen molar-refractivity contribution in [3.8, 4) is 6.07 Å². The van der Waals surface area contributed by atoms with Gasteiger partial charge < -0.3 is 0 Å². The first-order valence-corrected chi connectivity index (χ1v) is 5.19. The quantitative estimate of drug-likeness (QED) is 0.760. The third-order valence-electron chi connectivity index (χ3n) is 2.17. The topological polar surface area (TPSA) is 52.8 Å². The van der Waals surface area contributed by atoms with Gasteiger partial charge in [0.1, 0.15) is 15.6 Å². The number of rotatable bonds is 3. The van der Waals surface area contributed by atoms with Gasteiger partial charge in [0.05, 0.1) is 12.6 Å². The SMILES string of the molecule is Cc1nnc(CN(C)C(C)(C)C#N)s1. The van der Waals surface area contributed by atoms with Crippen molar-refractivity contribution in [3.05, 3.63) is 10.0 Å². The number of hydrogen-bond donors (Lipinski definition) is 0. The molecule has 14 heavy (non-hydrogen) atoms. The predicted octanol–water partition coefficient (Wildman–Crippen LogP) is 1.58. The van der Waals surface area contributed by atoms with Crippen molar-refractivity contribution in [3.63, 3.8) is 0 Å². The molecule has 0 atom stereocenters. The van der Waals surface area contributed by atoms with Crippen molar-refractivity contribution < 1.29 is 0 Å². The van der Waals surface area contributed by atoms with Crippen molar-refractivity contribution in [2.75, 3.05) is 7.05 Å². The van der Waals surface area contributed by atoms with E-state index in [0.717, 1.165) is 10.0 Å². The van der Waals surface area contributed by atoms with E-state index in [0.29, 0.717) is 6.54 Å². The van der Waals surface area contributed by atoms with Gasteiger partial charge in [0.2, 0.25) is 0 Å². The second kappa shape index (κ2) is 4.03. The van der Waals surface area contributed by atoms with Crippen LogP contribution >= 0.6 is 11.3 Å². The van der Waals surface area contributed by atoms with Crippen LogP contribution in [0.2, 0.25) is 0 Å². The molecule has 0 aliphatic carbocycles. The van der Waals surface area contributed by atoms with Crippen LogP contribution in [0.25, 0.3) is 0 Å². The molecule has 4 nitrogen and oxygen atoms in total. The first-order valence-electron chi connectivity index (χ1n) is 4.37. The maximum atomic E-state index is 8.92. The summed E-state index contributed by atoms with van der Waals surface area (Å²) in [6.45, 7) is 6.38. The Labute approximate surface area is 88.2 Å². The summed E-state index contributed by atoms with van der Waals surface area (Å²) in [5.41, 5.74) is -0.459. The number of aryl methyl sites for hydroxylation is 1. The van der Waals surface area contributed by atoms with Crippen molar-refractivity contribution in [1.82, 2.24) is 15.1 Å². The molecule has 0 saturated heterocycles. The summed E-state index contributed by atoms with van der Waals surface area (Å²) in [7, 11) is 1.92. The molecule has 1 rings (SSSR count). The van der Waals surface area contributed by atoms with Crippen LogP contribution in [0.4, 0.5) is 0 Å². The van der Waals surface area contributed by atoms with E-state index in [-0.39, 0.29) is 0 Å². The van der Waals surface area contributed by atoms with Gasteiger partial charge in [0.15, 0.2) is 0 Å². The second-order valence-electron chi connectivity index (χ2n) is 3.74. The molecular formula is C9H14N4S. The van der Waals surface area contributed by atoms with Crippen molar-refractivity contribution in [2.45, 2.75) is 32.9 Å². The Balaban J connectivity index is 2.67. The lowest BCUT2D eigenvalue weighted by Gasteiger charge is -2.27. The van der Waals surface area contributed by atoms with Gasteiger partial charge in [-0.15, -0.1) is 21.5 Å². The molecule has 0 unspecified atom stereocenters. The van der Waals surface area contributed by atoms with Gasteiger partial charge in [-0.1, -0.05) is 0 Å². The highest BCUT2D eigenvalue weighted by Gasteiger charge is 2.23. The molecule has 1 aromatic heterocycles. The van der Waals surface area contributed by atoms with Crippen LogP contribution in [0.5, 0.6) is 0 Å². The second-order valence-corrected chi connectivity index (χ2v) is 5.01. The smallest absolute Gasteiger partial charge is 0.131 e. The van der Waals surface area contributed by atoms with Crippen molar-refractivity contribution in [2.24, 2.45) is 0 Å². The van der Waals surface area contributed by atoms with E-state index in [4.69, 9.17) is 5.26 Å². The minimum absolute atomic E-state index is 0.459. The number of nitrogens with zero attached hydrogens (tertiary/aromatic N) is 4. The first kappa shape index (κ1) is 11.1. The third kappa shape index (κ3) is 2.50. The van der Waals surface area contributed by atoms with Crippen molar-refractivity contribution in [1.29, 1.82) is 5.26 Å². The minimum atomic E-state index is -0.459. The molecule has 1 aromatic rings. The van der Waals surface area contributed by atoms with Crippen LogP contribution in [0.3, 0.4) is 0 Å². The van der Waals surface area contributed by atoms with Gasteiger partial charge in [0.25, 0.3) is 0 Å². The average Bonchev–Trinajstić information content (AvgIpc) is 2.51. The van der Waals surface area contributed by atoms with Gasteiger partial charge in [0, 0.05) is 0 Å². The molecule has 0 spiro atoms. The normalized spacial score (nSPS) is 11.7. The highest BCUT2D eigenvalue weighted by atomic mass is 32.1. The molecule has 0 aromatic carbocycles. The van der Waals surface area contributed by atoms with E-state index in [1.807, 2.05) is 32.7 Å². The molecule has 0 radical (unpaired) electrons. The van der Waals surface area contributed by atoms with E-state index < -0.39 is 5.54 Å². The van der Waals surface area contributed by atoms with Crippen molar-refractivity contribution >= 4 is 11.3 Å². The fourth-order valence-corrected chi connectivity index (χ4v) is 1.65. The fraction of sp³-hybridized carbons (Fsp3) is 0.667. The highest BCUT2D eigenvalue weighted by molar-refractivity contribution is 7.11. The maximum Gasteiger partial charge on any atom is 0.131 e. The first-order chi connectivity index (χ1) is 6.45. The summed E-state index contributed by atoms with van der Waals surface area (Å²) >= 11 is 1.57. The molecule has 0 amide bonds. The lowest BCUT2D eigenvalue weighted by atomic mass is 10.1. The zero-order valence-corrected chi connectivity index (χ0v) is 9.72. The van der Waals surface area contributed by atoms with Gasteiger partial charge in [-0.25, -0.2) is 0 Å². The molecule has 0 N–H and O–H groups in total. The molecule has 5 heteroatoms. The Morgan fingerprint density at radius 2 is 2.14 bits per heavy atom. The predicted molar refractivity (Wildman–Crippen MR) is 55.8 cm³/mol. The summed E-state index contributed by atoms with van der Waals surface area (Å²) in [4.78, 5) is 1.97. The average molecular weight is 210 g/mol. The van der Waals surface area contributed by atoms with Crippen LogP contribution in [0, 0.1) is 18.3 Å². The molecule has 0 aliphatic rings. The van der Waals surface area contributed by atoms with Crippen LogP contribution in [-0.2, 0) is 6.54 Å². The van der Waals surface area contributed by atoms with E-state index in [9.17, 15) is 0 Å². The maximum absolute atomic E-state index is 8.92. The monoisotopic (exact) mass is 210 g/mol. The van der Waals surface area contributed by atoms with Gasteiger partial charge in [-0.2, -0.15) is 5.26 Å². The molecule has 0 aliphatic heterocycles.